The van der Waals surface area contributed by atoms with Crippen LogP contribution in [0.2, 0.25) is 13.1 Å². The Balaban J connectivity index is 2.02. The minimum Gasteiger partial charge on any atom is -0.201 e. The average molecular weight is 373 g/mol. The summed E-state index contributed by atoms with van der Waals surface area (Å²) < 4.78 is 2.26. The number of aryl methyl sites for hydroxylation is 3. The van der Waals surface area contributed by atoms with Crippen molar-refractivity contribution in [2.75, 3.05) is 0 Å². The zero-order valence-corrected chi connectivity index (χ0v) is 18.6. The molecule has 0 atom stereocenters. The summed E-state index contributed by atoms with van der Waals surface area (Å²) in [6.45, 7) is 14.2. The van der Waals surface area contributed by atoms with Crippen LogP contribution >= 0.6 is 0 Å². The quantitative estimate of drug-likeness (QED) is 0.444. The van der Waals surface area contributed by atoms with Crippen molar-refractivity contribution < 1.29 is 4.57 Å². The molecule has 0 N–H and O–H groups in total. The number of fused-ring (bicyclic) bond motifs is 2. The lowest BCUT2D eigenvalue weighted by Gasteiger charge is -2.43. The first-order chi connectivity index (χ1) is 12.6. The Bertz CT molecular complexity index is 1060. The summed E-state index contributed by atoms with van der Waals surface area (Å²) in [4.78, 5) is 0. The normalized spacial score (nSPS) is 16.6. The molecule has 3 aromatic rings. The summed E-state index contributed by atoms with van der Waals surface area (Å²) in [6, 6.07) is 18.6. The Kier molecular flexibility index (Phi) is 3.97. The van der Waals surface area contributed by atoms with E-state index in [0.29, 0.717) is 0 Å². The van der Waals surface area contributed by atoms with Crippen molar-refractivity contribution in [3.05, 3.63) is 77.0 Å². The number of aromatic nitrogens is 1. The molecular weight excluding hydrogens is 342 g/mol. The molecular formula is C25H30NSi+. The van der Waals surface area contributed by atoms with Gasteiger partial charge >= 0.3 is 0 Å². The lowest BCUT2D eigenvalue weighted by molar-refractivity contribution is -0.660. The summed E-state index contributed by atoms with van der Waals surface area (Å²) in [6.07, 6.45) is 2.22. The Labute approximate surface area is 164 Å². The van der Waals surface area contributed by atoms with Crippen LogP contribution in [0.3, 0.4) is 0 Å². The first kappa shape index (κ1) is 18.2. The van der Waals surface area contributed by atoms with E-state index in [4.69, 9.17) is 0 Å². The minimum atomic E-state index is -1.71. The fraction of sp³-hybridized carbons (Fsp3) is 0.320. The van der Waals surface area contributed by atoms with Gasteiger partial charge in [-0.05, 0) is 42.7 Å². The molecule has 1 aromatic heterocycles. The van der Waals surface area contributed by atoms with E-state index >= 15 is 0 Å². The van der Waals surface area contributed by atoms with Crippen molar-refractivity contribution in [2.24, 2.45) is 7.05 Å². The monoisotopic (exact) mass is 372 g/mol. The molecule has 138 valence electrons. The van der Waals surface area contributed by atoms with Crippen molar-refractivity contribution in [1.82, 2.24) is 0 Å². The minimum absolute atomic E-state index is 0.0279. The topological polar surface area (TPSA) is 3.88 Å². The maximum Gasteiger partial charge on any atom is 0.212 e. The molecule has 0 unspecified atom stereocenters. The highest BCUT2D eigenvalue weighted by Gasteiger charge is 2.43. The number of benzene rings is 2. The van der Waals surface area contributed by atoms with Crippen LogP contribution in [0, 0.1) is 13.8 Å². The fourth-order valence-electron chi connectivity index (χ4n) is 4.91. The van der Waals surface area contributed by atoms with Crippen molar-refractivity contribution in [1.29, 1.82) is 0 Å². The smallest absolute Gasteiger partial charge is 0.201 e. The van der Waals surface area contributed by atoms with E-state index in [1.165, 1.54) is 33.5 Å². The second-order valence-electron chi connectivity index (χ2n) is 9.21. The van der Waals surface area contributed by atoms with E-state index in [9.17, 15) is 0 Å². The zero-order valence-electron chi connectivity index (χ0n) is 17.6. The third kappa shape index (κ3) is 2.61. The van der Waals surface area contributed by atoms with Gasteiger partial charge in [0.25, 0.3) is 0 Å². The van der Waals surface area contributed by atoms with Gasteiger partial charge < -0.3 is 0 Å². The highest BCUT2D eigenvalue weighted by atomic mass is 28.3. The number of rotatable bonds is 1. The van der Waals surface area contributed by atoms with Crippen LogP contribution in [0.5, 0.6) is 0 Å². The van der Waals surface area contributed by atoms with Gasteiger partial charge in [0.15, 0.2) is 6.20 Å². The highest BCUT2D eigenvalue weighted by molar-refractivity contribution is 7.01. The number of pyridine rings is 1. The molecule has 0 bridgehead atoms. The molecule has 1 nitrogen and oxygen atoms in total. The number of hydrogen-bond donors (Lipinski definition) is 0. The third-order valence-corrected chi connectivity index (χ3v) is 10.1. The Hall–Kier alpha value is -2.19. The molecule has 0 saturated carbocycles. The number of nitrogens with zero attached hydrogens (tertiary/aromatic N) is 1. The summed E-state index contributed by atoms with van der Waals surface area (Å²) >= 11 is 0. The molecule has 0 spiro atoms. The van der Waals surface area contributed by atoms with Crippen molar-refractivity contribution in [2.45, 2.75) is 46.2 Å². The van der Waals surface area contributed by atoms with Crippen LogP contribution in [0.1, 0.15) is 36.1 Å². The molecule has 0 aliphatic carbocycles. The molecule has 0 amide bonds. The molecule has 1 aliphatic heterocycles. The van der Waals surface area contributed by atoms with Crippen molar-refractivity contribution in [3.63, 3.8) is 0 Å². The van der Waals surface area contributed by atoms with E-state index in [2.05, 4.69) is 107 Å². The van der Waals surface area contributed by atoms with Crippen LogP contribution in [0.15, 0.2) is 54.7 Å². The van der Waals surface area contributed by atoms with Gasteiger partial charge in [-0.15, -0.1) is 0 Å². The molecule has 0 fully saturated rings. The van der Waals surface area contributed by atoms with Gasteiger partial charge in [-0.1, -0.05) is 67.6 Å². The molecule has 2 aromatic carbocycles. The van der Waals surface area contributed by atoms with Gasteiger partial charge in [0.05, 0.1) is 0 Å². The summed E-state index contributed by atoms with van der Waals surface area (Å²) in [5, 5.41) is 3.19. The Morgan fingerprint density at radius 2 is 1.56 bits per heavy atom. The first-order valence-corrected chi connectivity index (χ1v) is 12.9. The molecule has 27 heavy (non-hydrogen) atoms. The molecule has 2 heterocycles. The molecule has 1 aliphatic rings. The molecule has 4 rings (SSSR count). The van der Waals surface area contributed by atoms with Crippen molar-refractivity contribution >= 4 is 18.4 Å². The molecule has 2 heteroatoms. The van der Waals surface area contributed by atoms with Gasteiger partial charge in [-0.25, -0.2) is 4.57 Å². The first-order valence-electron chi connectivity index (χ1n) is 9.86. The maximum atomic E-state index is 2.50. The molecule has 0 saturated heterocycles. The predicted octanol–water partition coefficient (Wildman–Crippen LogP) is 4.26. The van der Waals surface area contributed by atoms with Gasteiger partial charge in [0, 0.05) is 22.6 Å². The second kappa shape index (κ2) is 5.90. The standard InChI is InChI=1S/C25H30NSi/c1-17-12-13-22(26(5)16-17)19-15-21-24(14-18(19)2)27(6,7)23-11-9-8-10-20(23)25(21,3)4/h8-16H,1-7H3/q+1. The Morgan fingerprint density at radius 3 is 2.26 bits per heavy atom. The van der Waals surface area contributed by atoms with E-state index in [1.807, 2.05) is 0 Å². The van der Waals surface area contributed by atoms with Crippen LogP contribution < -0.4 is 14.9 Å². The SMILES string of the molecule is Cc1ccc(-c2cc3c(cc2C)[Si](C)(C)c2ccccc2C3(C)C)[n+](C)c1. The third-order valence-electron chi connectivity index (χ3n) is 6.54. The van der Waals surface area contributed by atoms with Crippen LogP contribution in [-0.4, -0.2) is 8.07 Å². The highest BCUT2D eigenvalue weighted by Crippen LogP contribution is 2.38. The lowest BCUT2D eigenvalue weighted by atomic mass is 9.76. The largest absolute Gasteiger partial charge is 0.212 e. The average Bonchev–Trinajstić information content (AvgIpc) is 2.61. The zero-order chi connectivity index (χ0) is 19.6. The molecule has 0 radical (unpaired) electrons. The van der Waals surface area contributed by atoms with Crippen molar-refractivity contribution in [3.8, 4) is 11.3 Å². The van der Waals surface area contributed by atoms with Crippen LogP contribution in [-0.2, 0) is 12.5 Å². The summed E-state index contributed by atoms with van der Waals surface area (Å²) in [5.74, 6) is 0. The Morgan fingerprint density at radius 1 is 0.852 bits per heavy atom. The van der Waals surface area contributed by atoms with Crippen LogP contribution in [0.25, 0.3) is 11.3 Å². The van der Waals surface area contributed by atoms with E-state index in [-0.39, 0.29) is 5.41 Å². The lowest BCUT2D eigenvalue weighted by Crippen LogP contribution is -2.62. The van der Waals surface area contributed by atoms with Gasteiger partial charge in [-0.2, -0.15) is 0 Å². The summed E-state index contributed by atoms with van der Waals surface area (Å²) in [5.41, 5.74) is 8.36. The van der Waals surface area contributed by atoms with Gasteiger partial charge in [0.2, 0.25) is 5.69 Å². The fourth-order valence-corrected chi connectivity index (χ4v) is 8.41. The van der Waals surface area contributed by atoms with Gasteiger partial charge in [-0.3, -0.25) is 0 Å². The second-order valence-corrected chi connectivity index (χ2v) is 13.5. The summed E-state index contributed by atoms with van der Waals surface area (Å²) in [7, 11) is 0.448. The van der Waals surface area contributed by atoms with E-state index < -0.39 is 8.07 Å². The number of hydrogen-bond acceptors (Lipinski definition) is 0. The maximum absolute atomic E-state index is 2.50. The van der Waals surface area contributed by atoms with E-state index in [1.54, 1.807) is 10.4 Å². The van der Waals surface area contributed by atoms with Crippen LogP contribution in [0.4, 0.5) is 0 Å². The predicted molar refractivity (Wildman–Crippen MR) is 118 cm³/mol. The van der Waals surface area contributed by atoms with Gasteiger partial charge in [0.1, 0.15) is 15.1 Å². The van der Waals surface area contributed by atoms with E-state index in [0.717, 1.165) is 0 Å².